The van der Waals surface area contributed by atoms with E-state index in [1.807, 2.05) is 0 Å². The summed E-state index contributed by atoms with van der Waals surface area (Å²) in [6.45, 7) is 1.26. The monoisotopic (exact) mass is 538 g/mol. The molecule has 1 fully saturated rings. The van der Waals surface area contributed by atoms with Crippen LogP contribution >= 0.6 is 0 Å². The summed E-state index contributed by atoms with van der Waals surface area (Å²) < 4.78 is 45.7. The largest absolute Gasteiger partial charge is 0.484 e. The molecule has 1 saturated heterocycles. The maximum atomic E-state index is 15.1. The Balaban J connectivity index is 1.15. The second-order valence-corrected chi connectivity index (χ2v) is 8.79. The van der Waals surface area contributed by atoms with Crippen LogP contribution in [-0.4, -0.2) is 53.9 Å². The van der Waals surface area contributed by atoms with E-state index < -0.39 is 11.6 Å². The Bertz CT molecular complexity index is 1400. The van der Waals surface area contributed by atoms with Gasteiger partial charge in [-0.25, -0.2) is 8.78 Å². The summed E-state index contributed by atoms with van der Waals surface area (Å²) in [5.41, 5.74) is 1.13. The quantitative estimate of drug-likeness (QED) is 0.295. The number of halogens is 2. The molecule has 3 heterocycles. The van der Waals surface area contributed by atoms with Gasteiger partial charge in [0, 0.05) is 43.9 Å². The van der Waals surface area contributed by atoms with Gasteiger partial charge in [-0.2, -0.15) is 4.91 Å². The fourth-order valence-corrected chi connectivity index (χ4v) is 4.21. The molecule has 0 spiro atoms. The van der Waals surface area contributed by atoms with Crippen LogP contribution in [0.1, 0.15) is 11.3 Å². The predicted octanol–water partition coefficient (Wildman–Crippen LogP) is 4.21. The lowest BCUT2D eigenvalue weighted by atomic mass is 10.1. The zero-order chi connectivity index (χ0) is 27.2. The van der Waals surface area contributed by atoms with Crippen LogP contribution in [-0.2, 0) is 17.9 Å². The average molecular weight is 539 g/mol. The highest BCUT2D eigenvalue weighted by Crippen LogP contribution is 2.30. The standard InChI is InChI=1S/C26H24F2N6O5/c27-21-11-18(23-13-20(39-31-23)15-29-24-5-10-38-32-24)12-22(28)26(21)34-8-6-33(7-9-34)25(35)16-37-19-3-1-17(2-4-19)14-30-36/h1-5,10-13H,6-9,14-16H2,(H,29,32). The van der Waals surface area contributed by atoms with Crippen LogP contribution in [0.25, 0.3) is 11.3 Å². The van der Waals surface area contributed by atoms with Crippen LogP contribution in [0.4, 0.5) is 20.3 Å². The molecule has 5 rings (SSSR count). The Kier molecular flexibility index (Phi) is 7.75. The third kappa shape index (κ3) is 6.20. The Morgan fingerprint density at radius 2 is 1.77 bits per heavy atom. The summed E-state index contributed by atoms with van der Waals surface area (Å²) in [6.07, 6.45) is 1.42. The number of carbonyl (C=O) groups excluding carboxylic acids is 1. The number of hydrogen-bond donors (Lipinski definition) is 1. The third-order valence-corrected chi connectivity index (χ3v) is 6.23. The highest BCUT2D eigenvalue weighted by Gasteiger charge is 2.26. The number of carbonyl (C=O) groups is 1. The van der Waals surface area contributed by atoms with Gasteiger partial charge in [-0.05, 0) is 29.8 Å². The van der Waals surface area contributed by atoms with Crippen molar-refractivity contribution in [3.05, 3.63) is 82.7 Å². The van der Waals surface area contributed by atoms with Crippen LogP contribution in [0.3, 0.4) is 0 Å². The molecule has 1 amide bonds. The van der Waals surface area contributed by atoms with Gasteiger partial charge in [-0.1, -0.05) is 27.6 Å². The molecule has 2 aromatic carbocycles. The van der Waals surface area contributed by atoms with E-state index in [1.165, 1.54) is 18.4 Å². The lowest BCUT2D eigenvalue weighted by Crippen LogP contribution is -2.50. The molecule has 4 aromatic rings. The number of anilines is 2. The molecule has 1 aliphatic rings. The van der Waals surface area contributed by atoms with Crippen molar-refractivity contribution in [2.24, 2.45) is 5.18 Å². The zero-order valence-electron chi connectivity index (χ0n) is 20.7. The van der Waals surface area contributed by atoms with Gasteiger partial charge in [0.25, 0.3) is 5.91 Å². The molecule has 39 heavy (non-hydrogen) atoms. The normalized spacial score (nSPS) is 13.4. The van der Waals surface area contributed by atoms with Crippen LogP contribution in [0.5, 0.6) is 5.75 Å². The molecule has 13 heteroatoms. The van der Waals surface area contributed by atoms with Crippen molar-refractivity contribution in [1.82, 2.24) is 15.2 Å². The SMILES string of the molecule is O=NCc1ccc(OCC(=O)N2CCN(c3c(F)cc(-c4cc(CNc5ccon5)on4)cc3F)CC2)cc1. The van der Waals surface area contributed by atoms with E-state index in [0.29, 0.717) is 23.0 Å². The summed E-state index contributed by atoms with van der Waals surface area (Å²) in [7, 11) is 0. The number of benzene rings is 2. The molecule has 0 bridgehead atoms. The van der Waals surface area contributed by atoms with Gasteiger partial charge in [0.1, 0.15) is 41.6 Å². The lowest BCUT2D eigenvalue weighted by molar-refractivity contribution is -0.133. The summed E-state index contributed by atoms with van der Waals surface area (Å²) in [5, 5.41) is 13.4. The highest BCUT2D eigenvalue weighted by atomic mass is 19.1. The minimum atomic E-state index is -0.730. The summed E-state index contributed by atoms with van der Waals surface area (Å²) in [5.74, 6) is -0.229. The fraction of sp³-hybridized carbons (Fsp3) is 0.269. The van der Waals surface area contributed by atoms with Crippen molar-refractivity contribution in [1.29, 1.82) is 0 Å². The van der Waals surface area contributed by atoms with Crippen molar-refractivity contribution in [3.8, 4) is 17.0 Å². The number of nitrogens with one attached hydrogen (secondary N) is 1. The minimum Gasteiger partial charge on any atom is -0.484 e. The Labute approximate surface area is 221 Å². The van der Waals surface area contributed by atoms with Crippen LogP contribution in [0.15, 0.2) is 69.0 Å². The number of nitroso groups, excluding NO2 is 1. The smallest absolute Gasteiger partial charge is 0.260 e. The van der Waals surface area contributed by atoms with Crippen molar-refractivity contribution < 1.29 is 27.4 Å². The zero-order valence-corrected chi connectivity index (χ0v) is 20.7. The summed E-state index contributed by atoms with van der Waals surface area (Å²) in [6, 6.07) is 12.4. The first-order valence-corrected chi connectivity index (χ1v) is 12.1. The second kappa shape index (κ2) is 11.7. The number of rotatable bonds is 10. The van der Waals surface area contributed by atoms with Gasteiger partial charge >= 0.3 is 0 Å². The van der Waals surface area contributed by atoms with Crippen molar-refractivity contribution in [3.63, 3.8) is 0 Å². The molecule has 0 unspecified atom stereocenters. The fourth-order valence-electron chi connectivity index (χ4n) is 4.21. The van der Waals surface area contributed by atoms with Crippen molar-refractivity contribution in [2.45, 2.75) is 13.1 Å². The number of piperazine rings is 1. The third-order valence-electron chi connectivity index (χ3n) is 6.23. The topological polar surface area (TPSA) is 126 Å². The first-order chi connectivity index (χ1) is 19.0. The van der Waals surface area contributed by atoms with Crippen molar-refractivity contribution >= 4 is 17.4 Å². The lowest BCUT2D eigenvalue weighted by Gasteiger charge is -2.36. The van der Waals surface area contributed by atoms with Crippen molar-refractivity contribution in [2.75, 3.05) is 43.0 Å². The van der Waals surface area contributed by atoms with E-state index in [0.717, 1.165) is 5.56 Å². The minimum absolute atomic E-state index is 0.0672. The number of hydrogen-bond acceptors (Lipinski definition) is 10. The molecule has 0 radical (unpaired) electrons. The van der Waals surface area contributed by atoms with E-state index >= 15 is 8.78 Å². The number of nitrogens with zero attached hydrogens (tertiary/aromatic N) is 5. The van der Waals surface area contributed by atoms with E-state index in [2.05, 4.69) is 20.8 Å². The van der Waals surface area contributed by atoms with Gasteiger partial charge in [-0.15, -0.1) is 0 Å². The highest BCUT2D eigenvalue weighted by molar-refractivity contribution is 5.78. The molecular weight excluding hydrogens is 514 g/mol. The maximum absolute atomic E-state index is 15.1. The molecule has 0 aliphatic carbocycles. The van der Waals surface area contributed by atoms with E-state index in [1.54, 1.807) is 46.2 Å². The van der Waals surface area contributed by atoms with Crippen LogP contribution < -0.4 is 15.0 Å². The number of ether oxygens (including phenoxy) is 1. The summed E-state index contributed by atoms with van der Waals surface area (Å²) in [4.78, 5) is 26.1. The Morgan fingerprint density at radius 3 is 2.44 bits per heavy atom. The first kappa shape index (κ1) is 25.8. The van der Waals surface area contributed by atoms with E-state index in [-0.39, 0.29) is 63.0 Å². The van der Waals surface area contributed by atoms with Gasteiger partial charge in [0.15, 0.2) is 18.2 Å². The van der Waals surface area contributed by atoms with Gasteiger partial charge in [-0.3, -0.25) is 4.79 Å². The average Bonchev–Trinajstić information content (AvgIpc) is 3.64. The molecule has 0 saturated carbocycles. The molecule has 2 aromatic heterocycles. The first-order valence-electron chi connectivity index (χ1n) is 12.1. The molecule has 11 nitrogen and oxygen atoms in total. The van der Waals surface area contributed by atoms with E-state index in [4.69, 9.17) is 13.8 Å². The van der Waals surface area contributed by atoms with Crippen LogP contribution in [0.2, 0.25) is 0 Å². The Morgan fingerprint density at radius 1 is 1.03 bits per heavy atom. The molecule has 1 aliphatic heterocycles. The molecule has 1 N–H and O–H groups in total. The number of amides is 1. The van der Waals surface area contributed by atoms with Crippen LogP contribution in [0, 0.1) is 16.5 Å². The van der Waals surface area contributed by atoms with Gasteiger partial charge < -0.3 is 28.9 Å². The van der Waals surface area contributed by atoms with Gasteiger partial charge in [0.05, 0.1) is 6.54 Å². The Hall–Kier alpha value is -4.81. The summed E-state index contributed by atoms with van der Waals surface area (Å²) >= 11 is 0. The predicted molar refractivity (Wildman–Crippen MR) is 136 cm³/mol. The molecule has 202 valence electrons. The van der Waals surface area contributed by atoms with E-state index in [9.17, 15) is 9.70 Å². The molecular formula is C26H24F2N6O5. The van der Waals surface area contributed by atoms with Gasteiger partial charge in [0.2, 0.25) is 0 Å². The second-order valence-electron chi connectivity index (χ2n) is 8.79. The number of aromatic nitrogens is 2. The maximum Gasteiger partial charge on any atom is 0.260 e. The molecule has 0 atom stereocenters.